The minimum atomic E-state index is -4.28. The second-order valence-corrected chi connectivity index (χ2v) is 15.3. The van der Waals surface area contributed by atoms with Crippen LogP contribution >= 0.6 is 0 Å². The zero-order valence-corrected chi connectivity index (χ0v) is 30.6. The first-order chi connectivity index (χ1) is 25.7. The highest BCUT2D eigenvalue weighted by atomic mass is 32.2. The van der Waals surface area contributed by atoms with E-state index in [0.717, 1.165) is 47.5 Å². The lowest BCUT2D eigenvalue weighted by Crippen LogP contribution is -2.55. The van der Waals surface area contributed by atoms with Crippen LogP contribution in [0.3, 0.4) is 0 Å². The average Bonchev–Trinajstić information content (AvgIpc) is 3.17. The lowest BCUT2D eigenvalue weighted by molar-refractivity contribution is -0.140. The number of hydrogen-bond acceptors (Lipinski definition) is 5. The highest BCUT2D eigenvalue weighted by molar-refractivity contribution is 7.92. The molecule has 0 aromatic heterocycles. The van der Waals surface area contributed by atoms with E-state index >= 15 is 0 Å². The summed E-state index contributed by atoms with van der Waals surface area (Å²) in [5, 5.41) is 3.20. The molecular weight excluding hydrogens is 690 g/mol. The van der Waals surface area contributed by atoms with Gasteiger partial charge in [-0.2, -0.15) is 0 Å². The smallest absolute Gasteiger partial charge is 0.264 e. The maximum atomic E-state index is 14.8. The van der Waals surface area contributed by atoms with Crippen LogP contribution in [0.1, 0.15) is 48.8 Å². The first-order valence-corrected chi connectivity index (χ1v) is 19.4. The molecule has 0 bridgehead atoms. The van der Waals surface area contributed by atoms with Crippen LogP contribution in [0.5, 0.6) is 11.5 Å². The molecule has 2 amide bonds. The van der Waals surface area contributed by atoms with Crippen LogP contribution in [0, 0.1) is 12.7 Å². The highest BCUT2D eigenvalue weighted by Crippen LogP contribution is 2.29. The summed E-state index contributed by atoms with van der Waals surface area (Å²) >= 11 is 0. The Morgan fingerprint density at radius 3 is 2.00 bits per heavy atom. The molecule has 10 heteroatoms. The number of nitrogens with zero attached hydrogens (tertiary/aromatic N) is 2. The van der Waals surface area contributed by atoms with Gasteiger partial charge in [-0.15, -0.1) is 0 Å². The second kappa shape index (κ2) is 17.4. The van der Waals surface area contributed by atoms with Crippen molar-refractivity contribution in [3.05, 3.63) is 156 Å². The number of anilines is 1. The Morgan fingerprint density at radius 2 is 1.36 bits per heavy atom. The number of para-hydroxylation sites is 1. The number of carbonyl (C=O) groups excluding carboxylic acids is 2. The van der Waals surface area contributed by atoms with Gasteiger partial charge in [-0.25, -0.2) is 12.8 Å². The maximum absolute atomic E-state index is 14.8. The number of benzene rings is 5. The van der Waals surface area contributed by atoms with Gasteiger partial charge < -0.3 is 15.0 Å². The normalized spacial score (nSPS) is 13.8. The van der Waals surface area contributed by atoms with Crippen LogP contribution in [0.15, 0.2) is 138 Å². The van der Waals surface area contributed by atoms with E-state index in [2.05, 4.69) is 5.32 Å². The molecule has 0 aliphatic heterocycles. The van der Waals surface area contributed by atoms with Crippen LogP contribution in [0.2, 0.25) is 0 Å². The van der Waals surface area contributed by atoms with Crippen molar-refractivity contribution in [3.8, 4) is 11.5 Å². The predicted octanol–water partition coefficient (Wildman–Crippen LogP) is 8.21. The molecule has 1 atom stereocenters. The summed E-state index contributed by atoms with van der Waals surface area (Å²) in [7, 11) is -4.28. The van der Waals surface area contributed by atoms with E-state index in [1.165, 1.54) is 29.2 Å². The molecule has 274 valence electrons. The van der Waals surface area contributed by atoms with Crippen molar-refractivity contribution in [3.63, 3.8) is 0 Å². The Labute approximate surface area is 311 Å². The molecule has 1 N–H and O–H groups in total. The summed E-state index contributed by atoms with van der Waals surface area (Å²) in [4.78, 5) is 30.5. The van der Waals surface area contributed by atoms with Crippen LogP contribution in [0.25, 0.3) is 0 Å². The topological polar surface area (TPSA) is 96.0 Å². The molecule has 1 aliphatic rings. The van der Waals surface area contributed by atoms with Crippen molar-refractivity contribution in [2.24, 2.45) is 0 Å². The number of rotatable bonds is 14. The van der Waals surface area contributed by atoms with Crippen LogP contribution in [0.4, 0.5) is 10.1 Å². The molecular formula is C43H44FN3O5S. The van der Waals surface area contributed by atoms with Crippen molar-refractivity contribution < 1.29 is 27.1 Å². The van der Waals surface area contributed by atoms with E-state index in [1.807, 2.05) is 67.6 Å². The molecule has 0 spiro atoms. The number of halogens is 1. The van der Waals surface area contributed by atoms with Gasteiger partial charge in [-0.3, -0.25) is 13.9 Å². The summed E-state index contributed by atoms with van der Waals surface area (Å²) in [6.07, 6.45) is 5.02. The van der Waals surface area contributed by atoms with E-state index in [0.29, 0.717) is 17.1 Å². The number of amides is 2. The zero-order chi connectivity index (χ0) is 37.2. The number of nitrogens with one attached hydrogen (secondary N) is 1. The average molecular weight is 734 g/mol. The molecule has 8 nitrogen and oxygen atoms in total. The van der Waals surface area contributed by atoms with Crippen molar-refractivity contribution in [2.75, 3.05) is 10.8 Å². The molecule has 1 aliphatic carbocycles. The molecule has 53 heavy (non-hydrogen) atoms. The Hall–Kier alpha value is -5.48. The number of sulfonamides is 1. The van der Waals surface area contributed by atoms with Gasteiger partial charge in [-0.05, 0) is 91.6 Å². The number of carbonyl (C=O) groups is 2. The quantitative estimate of drug-likeness (QED) is 0.124. The van der Waals surface area contributed by atoms with E-state index in [1.54, 1.807) is 48.5 Å². The first-order valence-electron chi connectivity index (χ1n) is 18.0. The number of ether oxygens (including phenoxy) is 1. The predicted molar refractivity (Wildman–Crippen MR) is 205 cm³/mol. The fraction of sp³-hybridized carbons (Fsp3) is 0.256. The van der Waals surface area contributed by atoms with Crippen LogP contribution in [-0.2, 0) is 32.6 Å². The lowest BCUT2D eigenvalue weighted by atomic mass is 9.94. The van der Waals surface area contributed by atoms with Gasteiger partial charge in [0.1, 0.15) is 29.9 Å². The summed E-state index contributed by atoms with van der Waals surface area (Å²) in [5.41, 5.74) is 2.56. The van der Waals surface area contributed by atoms with Gasteiger partial charge in [0.25, 0.3) is 10.0 Å². The molecule has 6 rings (SSSR count). The van der Waals surface area contributed by atoms with Gasteiger partial charge in [-0.1, -0.05) is 97.6 Å². The Kier molecular flexibility index (Phi) is 12.2. The van der Waals surface area contributed by atoms with E-state index in [4.69, 9.17) is 4.74 Å². The van der Waals surface area contributed by atoms with E-state index in [9.17, 15) is 22.4 Å². The second-order valence-electron chi connectivity index (χ2n) is 13.4. The van der Waals surface area contributed by atoms with E-state index in [-0.39, 0.29) is 35.5 Å². The summed E-state index contributed by atoms with van der Waals surface area (Å²) in [5.74, 6) is -0.232. The Bertz CT molecular complexity index is 2060. The van der Waals surface area contributed by atoms with Gasteiger partial charge in [0, 0.05) is 19.0 Å². The Morgan fingerprint density at radius 1 is 0.755 bits per heavy atom. The third kappa shape index (κ3) is 9.90. The molecule has 0 unspecified atom stereocenters. The van der Waals surface area contributed by atoms with Crippen molar-refractivity contribution in [1.82, 2.24) is 10.2 Å². The van der Waals surface area contributed by atoms with Gasteiger partial charge >= 0.3 is 0 Å². The molecule has 5 aromatic carbocycles. The fourth-order valence-corrected chi connectivity index (χ4v) is 7.97. The largest absolute Gasteiger partial charge is 0.457 e. The fourth-order valence-electron chi connectivity index (χ4n) is 6.56. The number of hydrogen-bond donors (Lipinski definition) is 1. The van der Waals surface area contributed by atoms with Crippen molar-refractivity contribution in [1.29, 1.82) is 0 Å². The molecule has 1 saturated carbocycles. The maximum Gasteiger partial charge on any atom is 0.264 e. The summed E-state index contributed by atoms with van der Waals surface area (Å²) in [6.45, 7) is 1.22. The van der Waals surface area contributed by atoms with E-state index < -0.39 is 34.3 Å². The standard InChI is InChI=1S/C43H44FN3O5S/c1-32-17-27-40(28-18-32)53(50,51)47(37-23-25-39(26-24-37)52-38-15-9-4-10-16-38)31-42(48)46(30-34-19-21-35(44)22-20-34)41(29-33-11-5-2-6-12-33)43(49)45-36-13-7-3-8-14-36/h2,4-6,9-12,15-28,36,41H,3,7-8,13-14,29-31H2,1H3,(H,45,49)/t41-/m0/s1. The SMILES string of the molecule is Cc1ccc(S(=O)(=O)N(CC(=O)N(Cc2ccc(F)cc2)[C@@H](Cc2ccccc2)C(=O)NC2CCCCC2)c2ccc(Oc3ccccc3)cc2)cc1. The van der Waals surface area contributed by atoms with Gasteiger partial charge in [0.2, 0.25) is 11.8 Å². The zero-order valence-electron chi connectivity index (χ0n) is 29.7. The molecule has 0 heterocycles. The van der Waals surface area contributed by atoms with Crippen molar-refractivity contribution >= 4 is 27.5 Å². The summed E-state index contributed by atoms with van der Waals surface area (Å²) in [6, 6.07) is 36.3. The molecule has 0 saturated heterocycles. The number of aryl methyl sites for hydroxylation is 1. The monoisotopic (exact) mass is 733 g/mol. The third-order valence-corrected chi connectivity index (χ3v) is 11.3. The highest BCUT2D eigenvalue weighted by Gasteiger charge is 2.35. The van der Waals surface area contributed by atoms with Crippen molar-refractivity contribution in [2.45, 2.75) is 69.0 Å². The minimum absolute atomic E-state index is 0.0153. The van der Waals surface area contributed by atoms with Gasteiger partial charge in [0.15, 0.2) is 0 Å². The molecule has 5 aromatic rings. The first kappa shape index (κ1) is 37.3. The molecule has 0 radical (unpaired) electrons. The Balaban J connectivity index is 1.38. The summed E-state index contributed by atoms with van der Waals surface area (Å²) < 4.78 is 49.9. The lowest BCUT2D eigenvalue weighted by Gasteiger charge is -2.35. The van der Waals surface area contributed by atoms with Crippen LogP contribution in [-0.4, -0.2) is 43.8 Å². The molecule has 1 fully saturated rings. The van der Waals surface area contributed by atoms with Gasteiger partial charge in [0.05, 0.1) is 10.6 Å². The third-order valence-electron chi connectivity index (χ3n) is 9.48. The van der Waals surface area contributed by atoms with Crippen LogP contribution < -0.4 is 14.4 Å². The minimum Gasteiger partial charge on any atom is -0.457 e.